The molecule has 0 radical (unpaired) electrons. The number of nitrogens with one attached hydrogen (secondary N) is 1. The van der Waals surface area contributed by atoms with E-state index in [2.05, 4.69) is 15.4 Å². The van der Waals surface area contributed by atoms with E-state index >= 15 is 0 Å². The summed E-state index contributed by atoms with van der Waals surface area (Å²) < 4.78 is 73.8. The number of hydrogen-bond donors (Lipinski definition) is 1. The van der Waals surface area contributed by atoms with Gasteiger partial charge in [-0.15, -0.1) is 16.9 Å². The maximum absolute atomic E-state index is 13.7. The lowest BCUT2D eigenvalue weighted by molar-refractivity contribution is -0.139. The van der Waals surface area contributed by atoms with Crippen LogP contribution in [0.1, 0.15) is 35.3 Å². The van der Waals surface area contributed by atoms with Crippen molar-refractivity contribution >= 4 is 23.4 Å². The lowest BCUT2D eigenvalue weighted by Gasteiger charge is -2.15. The number of rotatable bonds is 6. The monoisotopic (exact) mass is 450 g/mol. The zero-order valence-electron chi connectivity index (χ0n) is 16.1. The van der Waals surface area contributed by atoms with E-state index in [4.69, 9.17) is 4.74 Å². The number of anilines is 1. The van der Waals surface area contributed by atoms with Gasteiger partial charge in [0.25, 0.3) is 5.91 Å². The van der Waals surface area contributed by atoms with Crippen LogP contribution in [0.4, 0.5) is 27.6 Å². The number of nitrogens with zero attached hydrogens (tertiary/aromatic N) is 3. The molecule has 0 aliphatic heterocycles. The number of alkyl halides is 5. The minimum Gasteiger partial charge on any atom is -0.479 e. The zero-order chi connectivity index (χ0) is 22.1. The Kier molecular flexibility index (Phi) is 6.25. The summed E-state index contributed by atoms with van der Waals surface area (Å²) >= 11 is 1.29. The van der Waals surface area contributed by atoms with Gasteiger partial charge in [-0.3, -0.25) is 9.48 Å². The number of methoxy groups -OCH3 is 1. The van der Waals surface area contributed by atoms with Crippen LogP contribution in [0.25, 0.3) is 0 Å². The molecule has 1 fully saturated rings. The average Bonchev–Trinajstić information content (AvgIpc) is 3.21. The second-order valence-corrected chi connectivity index (χ2v) is 7.75. The van der Waals surface area contributed by atoms with Crippen LogP contribution in [0.15, 0.2) is 23.4 Å². The average molecular weight is 450 g/mol. The number of aromatic nitrogens is 3. The quantitative estimate of drug-likeness (QED) is 0.510. The summed E-state index contributed by atoms with van der Waals surface area (Å²) in [5, 5.41) is 6.72. The van der Waals surface area contributed by atoms with Gasteiger partial charge in [0, 0.05) is 31.3 Å². The van der Waals surface area contributed by atoms with Crippen LogP contribution < -0.4 is 10.1 Å². The van der Waals surface area contributed by atoms with Gasteiger partial charge in [-0.1, -0.05) is 0 Å². The second kappa shape index (κ2) is 8.40. The van der Waals surface area contributed by atoms with Crippen LogP contribution >= 0.6 is 11.8 Å². The van der Waals surface area contributed by atoms with Crippen LogP contribution in [-0.2, 0) is 12.7 Å². The second-order valence-electron chi connectivity index (χ2n) is 6.92. The smallest absolute Gasteiger partial charge is 0.423 e. The first-order valence-corrected chi connectivity index (χ1v) is 10.2. The van der Waals surface area contributed by atoms with Crippen molar-refractivity contribution in [3.63, 3.8) is 0 Å². The fourth-order valence-corrected chi connectivity index (χ4v) is 3.84. The number of ether oxygens (including phenoxy) is 1. The van der Waals surface area contributed by atoms with Crippen molar-refractivity contribution in [3.05, 3.63) is 29.6 Å². The molecule has 6 nitrogen and oxygen atoms in total. The first-order valence-electron chi connectivity index (χ1n) is 8.95. The van der Waals surface area contributed by atoms with Gasteiger partial charge < -0.3 is 10.1 Å². The molecule has 1 atom stereocenters. The van der Waals surface area contributed by atoms with E-state index in [1.807, 2.05) is 0 Å². The van der Waals surface area contributed by atoms with E-state index in [1.54, 1.807) is 6.26 Å². The Balaban J connectivity index is 1.98. The highest BCUT2D eigenvalue weighted by atomic mass is 32.2. The van der Waals surface area contributed by atoms with Gasteiger partial charge in [0.2, 0.25) is 11.8 Å². The van der Waals surface area contributed by atoms with E-state index < -0.39 is 47.5 Å². The highest BCUT2D eigenvalue weighted by molar-refractivity contribution is 7.98. The Labute approximate surface area is 173 Å². The molecule has 1 unspecified atom stereocenters. The van der Waals surface area contributed by atoms with E-state index in [-0.39, 0.29) is 25.1 Å². The lowest BCUT2D eigenvalue weighted by Crippen LogP contribution is -2.24. The van der Waals surface area contributed by atoms with Crippen LogP contribution in [0.5, 0.6) is 5.88 Å². The molecule has 2 heterocycles. The standard InChI is InChI=1S/C18H19F5N4O2S/c1-29-16-13(18(21,22)23)14(15(28)25-11-4-6-24-12(7-11)30-2)27(26-16)9-10-3-5-17(19,20)8-10/h4,6-7,10H,3,5,8-9H2,1-2H3,(H,24,25,28). The van der Waals surface area contributed by atoms with Gasteiger partial charge in [-0.2, -0.15) is 13.2 Å². The fraction of sp³-hybridized carbons (Fsp3) is 0.500. The normalized spacial score (nSPS) is 18.4. The maximum atomic E-state index is 13.7. The Hall–Kier alpha value is -2.37. The molecule has 0 spiro atoms. The van der Waals surface area contributed by atoms with Crippen molar-refractivity contribution in [3.8, 4) is 5.88 Å². The molecule has 30 heavy (non-hydrogen) atoms. The molecule has 1 aliphatic carbocycles. The van der Waals surface area contributed by atoms with Crippen molar-refractivity contribution in [2.24, 2.45) is 5.92 Å². The molecule has 1 aliphatic rings. The lowest BCUT2D eigenvalue weighted by atomic mass is 10.1. The van der Waals surface area contributed by atoms with Crippen molar-refractivity contribution in [1.82, 2.24) is 14.8 Å². The number of pyridine rings is 1. The van der Waals surface area contributed by atoms with Crippen LogP contribution in [0.2, 0.25) is 0 Å². The topological polar surface area (TPSA) is 69.0 Å². The number of halogens is 5. The van der Waals surface area contributed by atoms with E-state index in [0.717, 1.165) is 11.8 Å². The summed E-state index contributed by atoms with van der Waals surface area (Å²) in [5.41, 5.74) is -1.88. The summed E-state index contributed by atoms with van der Waals surface area (Å²) in [5.74, 6) is -5.33. The molecule has 0 bridgehead atoms. The largest absolute Gasteiger partial charge is 0.479 e. The number of carbonyl (C=O) groups excluding carboxylic acids is 1. The molecule has 1 saturated carbocycles. The third-order valence-corrected chi connectivity index (χ3v) is 5.39. The summed E-state index contributed by atoms with van der Waals surface area (Å²) in [7, 11) is 1.00. The highest BCUT2D eigenvalue weighted by Gasteiger charge is 2.45. The Morgan fingerprint density at radius 1 is 1.43 bits per heavy atom. The Morgan fingerprint density at radius 3 is 2.73 bits per heavy atom. The number of amides is 1. The molecule has 0 aromatic carbocycles. The molecular weight excluding hydrogens is 431 g/mol. The van der Waals surface area contributed by atoms with Gasteiger partial charge in [-0.05, 0) is 30.7 Å². The van der Waals surface area contributed by atoms with Gasteiger partial charge >= 0.3 is 6.18 Å². The summed E-state index contributed by atoms with van der Waals surface area (Å²) in [6.45, 7) is -0.253. The van der Waals surface area contributed by atoms with Crippen molar-refractivity contribution in [2.75, 3.05) is 18.7 Å². The number of hydrogen-bond acceptors (Lipinski definition) is 5. The van der Waals surface area contributed by atoms with Crippen molar-refractivity contribution < 1.29 is 31.5 Å². The van der Waals surface area contributed by atoms with E-state index in [9.17, 15) is 26.7 Å². The predicted molar refractivity (Wildman–Crippen MR) is 100 cm³/mol. The number of thioether (sulfide) groups is 1. The molecule has 3 rings (SSSR count). The van der Waals surface area contributed by atoms with Crippen LogP contribution in [-0.4, -0.2) is 40.0 Å². The van der Waals surface area contributed by atoms with E-state index in [1.165, 1.54) is 30.1 Å². The first-order chi connectivity index (χ1) is 14.0. The third kappa shape index (κ3) is 4.85. The highest BCUT2D eigenvalue weighted by Crippen LogP contribution is 2.42. The zero-order valence-corrected chi connectivity index (χ0v) is 16.9. The molecule has 1 amide bonds. The molecular formula is C18H19F5N4O2S. The fourth-order valence-electron chi connectivity index (χ4n) is 3.43. The molecule has 164 valence electrons. The SMILES string of the molecule is COc1nn(CC2CCC(F)(F)C2)c(C(=O)Nc2ccnc(SC)c2)c1C(F)(F)F. The minimum atomic E-state index is -4.93. The minimum absolute atomic E-state index is 0.124. The van der Waals surface area contributed by atoms with Gasteiger partial charge in [0.15, 0.2) is 0 Å². The van der Waals surface area contributed by atoms with Crippen molar-refractivity contribution in [2.45, 2.75) is 42.9 Å². The third-order valence-electron chi connectivity index (χ3n) is 4.75. The molecule has 1 N–H and O–H groups in total. The molecule has 2 aromatic rings. The summed E-state index contributed by atoms with van der Waals surface area (Å²) in [6, 6.07) is 2.94. The van der Waals surface area contributed by atoms with Crippen LogP contribution in [0, 0.1) is 5.92 Å². The molecule has 0 saturated heterocycles. The number of carbonyl (C=O) groups is 1. The molecule has 12 heteroatoms. The maximum Gasteiger partial charge on any atom is 0.423 e. The van der Waals surface area contributed by atoms with Gasteiger partial charge in [0.05, 0.1) is 12.1 Å². The summed E-state index contributed by atoms with van der Waals surface area (Å²) in [6.07, 6.45) is -2.47. The van der Waals surface area contributed by atoms with Gasteiger partial charge in [0.1, 0.15) is 11.3 Å². The van der Waals surface area contributed by atoms with E-state index in [0.29, 0.717) is 5.03 Å². The molecule has 2 aromatic heterocycles. The predicted octanol–water partition coefficient (Wildman–Crippen LogP) is 4.72. The summed E-state index contributed by atoms with van der Waals surface area (Å²) in [4.78, 5) is 16.9. The Bertz CT molecular complexity index is 932. The Morgan fingerprint density at radius 2 is 2.17 bits per heavy atom. The van der Waals surface area contributed by atoms with Crippen molar-refractivity contribution in [1.29, 1.82) is 0 Å². The van der Waals surface area contributed by atoms with Crippen LogP contribution in [0.3, 0.4) is 0 Å². The van der Waals surface area contributed by atoms with Gasteiger partial charge in [-0.25, -0.2) is 13.8 Å². The first kappa shape index (κ1) is 22.3.